The summed E-state index contributed by atoms with van der Waals surface area (Å²) in [6.07, 6.45) is 3.57. The van der Waals surface area contributed by atoms with Crippen molar-refractivity contribution in [3.8, 4) is 0 Å². The normalized spacial score (nSPS) is 12.4. The van der Waals surface area contributed by atoms with E-state index in [9.17, 15) is 0 Å². The van der Waals surface area contributed by atoms with Gasteiger partial charge in [0.05, 0.1) is 57.6 Å². The minimum absolute atomic E-state index is 0.807. The summed E-state index contributed by atoms with van der Waals surface area (Å²) >= 11 is 0. The van der Waals surface area contributed by atoms with Crippen molar-refractivity contribution < 1.29 is 0 Å². The lowest BCUT2D eigenvalue weighted by molar-refractivity contribution is 1.23. The van der Waals surface area contributed by atoms with E-state index in [1.54, 1.807) is 12.4 Å². The Morgan fingerprint density at radius 1 is 0.594 bits per heavy atom. The summed E-state index contributed by atoms with van der Waals surface area (Å²) in [6.45, 7) is 3.92. The second-order valence-corrected chi connectivity index (χ2v) is 7.57. The Morgan fingerprint density at radius 2 is 1.06 bits per heavy atom. The quantitative estimate of drug-likeness (QED) is 0.316. The van der Waals surface area contributed by atoms with Gasteiger partial charge >= 0.3 is 0 Å². The fourth-order valence-electron chi connectivity index (χ4n) is 3.58. The molecule has 0 spiro atoms. The van der Waals surface area contributed by atoms with Gasteiger partial charge < -0.3 is 0 Å². The number of benzene rings is 2. The van der Waals surface area contributed by atoms with Crippen molar-refractivity contribution in [2.45, 2.75) is 13.8 Å². The van der Waals surface area contributed by atoms with Gasteiger partial charge in [0.1, 0.15) is 0 Å². The molecule has 5 nitrogen and oxygen atoms in total. The molecular weight excluding hydrogens is 394 g/mol. The molecule has 0 N–H and O–H groups in total. The summed E-state index contributed by atoms with van der Waals surface area (Å²) in [5.74, 6) is 0. The first-order valence-electron chi connectivity index (χ1n) is 10.4. The fraction of sp³-hybridized carbons (Fsp3) is 0.0741. The van der Waals surface area contributed by atoms with Gasteiger partial charge in [0.15, 0.2) is 0 Å². The van der Waals surface area contributed by atoms with Gasteiger partial charge in [-0.2, -0.15) is 0 Å². The highest BCUT2D eigenvalue weighted by molar-refractivity contribution is 6.02. The molecule has 0 amide bonds. The van der Waals surface area contributed by atoms with Gasteiger partial charge in [0.2, 0.25) is 0 Å². The van der Waals surface area contributed by atoms with E-state index in [1.165, 1.54) is 0 Å². The van der Waals surface area contributed by atoms with E-state index in [4.69, 9.17) is 15.0 Å². The third-order valence-corrected chi connectivity index (χ3v) is 5.24. The number of hydrogen-bond donors (Lipinski definition) is 0. The maximum absolute atomic E-state index is 4.79. The van der Waals surface area contributed by atoms with Crippen molar-refractivity contribution in [2.75, 3.05) is 0 Å². The van der Waals surface area contributed by atoms with E-state index >= 15 is 0 Å². The molecule has 0 radical (unpaired) electrons. The zero-order valence-corrected chi connectivity index (χ0v) is 17.9. The fourth-order valence-corrected chi connectivity index (χ4v) is 3.58. The van der Waals surface area contributed by atoms with Crippen LogP contribution in [0.1, 0.15) is 25.2 Å². The highest BCUT2D eigenvalue weighted by Gasteiger charge is 2.06. The summed E-state index contributed by atoms with van der Waals surface area (Å²) in [7, 11) is 0. The average Bonchev–Trinajstić information content (AvgIpc) is 2.84. The Morgan fingerprint density at radius 3 is 1.56 bits per heavy atom. The topological polar surface area (TPSA) is 63.4 Å². The molecule has 0 bridgehead atoms. The van der Waals surface area contributed by atoms with Crippen LogP contribution in [-0.2, 0) is 0 Å². The molecule has 5 aromatic rings. The number of fused-ring (bicyclic) bond motifs is 2. The zero-order chi connectivity index (χ0) is 21.9. The lowest BCUT2D eigenvalue weighted by Crippen LogP contribution is -2.05. The van der Waals surface area contributed by atoms with Crippen molar-refractivity contribution in [2.24, 2.45) is 9.98 Å². The Balaban J connectivity index is 1.44. The van der Waals surface area contributed by atoms with Crippen LogP contribution >= 0.6 is 0 Å². The molecular formula is C27H21N5. The first kappa shape index (κ1) is 19.7. The Kier molecular flexibility index (Phi) is 5.22. The zero-order valence-electron chi connectivity index (χ0n) is 17.9. The number of pyridine rings is 3. The predicted molar refractivity (Wildman–Crippen MR) is 131 cm³/mol. The number of aromatic nitrogens is 3. The van der Waals surface area contributed by atoms with Gasteiger partial charge in [0.25, 0.3) is 0 Å². The third-order valence-electron chi connectivity index (χ3n) is 5.24. The molecule has 3 aromatic heterocycles. The van der Waals surface area contributed by atoms with Gasteiger partial charge in [0, 0.05) is 10.8 Å². The monoisotopic (exact) mass is 415 g/mol. The molecule has 0 atom stereocenters. The molecule has 154 valence electrons. The maximum atomic E-state index is 4.79. The molecule has 0 aliphatic heterocycles. The molecule has 0 saturated carbocycles. The SMILES string of the molecule is C/C(=N\c1cnc2ccccc2c1)c1cccc(/C(C)=N/c2cnc3ccccc3c2)n1. The van der Waals surface area contributed by atoms with Crippen LogP contribution in [0.2, 0.25) is 0 Å². The predicted octanol–water partition coefficient (Wildman–Crippen LogP) is 6.46. The van der Waals surface area contributed by atoms with Crippen LogP contribution < -0.4 is 0 Å². The van der Waals surface area contributed by atoms with Crippen molar-refractivity contribution in [3.05, 3.63) is 103 Å². The van der Waals surface area contributed by atoms with Crippen LogP contribution in [0.15, 0.2) is 101 Å². The lowest BCUT2D eigenvalue weighted by Gasteiger charge is -2.06. The lowest BCUT2D eigenvalue weighted by atomic mass is 10.2. The molecule has 2 aromatic carbocycles. The second-order valence-electron chi connectivity index (χ2n) is 7.57. The van der Waals surface area contributed by atoms with E-state index in [2.05, 4.69) is 9.97 Å². The number of aliphatic imine (C=N–C) groups is 2. The summed E-state index contributed by atoms with van der Waals surface area (Å²) in [6, 6.07) is 26.0. The summed E-state index contributed by atoms with van der Waals surface area (Å²) in [5.41, 5.74) is 6.79. The van der Waals surface area contributed by atoms with Crippen molar-refractivity contribution in [3.63, 3.8) is 0 Å². The van der Waals surface area contributed by atoms with E-state index in [0.717, 1.165) is 56.0 Å². The van der Waals surface area contributed by atoms with Crippen molar-refractivity contribution >= 4 is 44.6 Å². The summed E-state index contributed by atoms with van der Waals surface area (Å²) in [4.78, 5) is 23.2. The Hall–Kier alpha value is -4.25. The van der Waals surface area contributed by atoms with Crippen LogP contribution in [0.3, 0.4) is 0 Å². The number of rotatable bonds is 4. The minimum atomic E-state index is 0.807. The van der Waals surface area contributed by atoms with Crippen LogP contribution in [-0.4, -0.2) is 26.4 Å². The van der Waals surface area contributed by atoms with Gasteiger partial charge in [-0.1, -0.05) is 42.5 Å². The summed E-state index contributed by atoms with van der Waals surface area (Å²) < 4.78 is 0. The highest BCUT2D eigenvalue weighted by Crippen LogP contribution is 2.21. The highest BCUT2D eigenvalue weighted by atomic mass is 14.9. The number of para-hydroxylation sites is 2. The molecule has 5 rings (SSSR count). The van der Waals surface area contributed by atoms with E-state index in [0.29, 0.717) is 0 Å². The van der Waals surface area contributed by atoms with Crippen molar-refractivity contribution in [1.29, 1.82) is 0 Å². The van der Waals surface area contributed by atoms with Crippen LogP contribution in [0, 0.1) is 0 Å². The molecule has 0 aliphatic carbocycles. The maximum Gasteiger partial charge on any atom is 0.0849 e. The molecule has 0 unspecified atom stereocenters. The number of hydrogen-bond acceptors (Lipinski definition) is 5. The first-order chi connectivity index (χ1) is 15.7. The standard InChI is InChI=1S/C27H21N5/c1-18(30-22-14-20-8-3-5-10-26(20)28-16-22)24-12-7-13-25(32-24)19(2)31-23-15-21-9-4-6-11-27(21)29-17-23/h3-17H,1-2H3/b30-18+,31-19+. The molecule has 5 heteroatoms. The molecule has 32 heavy (non-hydrogen) atoms. The number of nitrogens with zero attached hydrogens (tertiary/aromatic N) is 5. The molecule has 0 aliphatic rings. The van der Waals surface area contributed by atoms with Crippen LogP contribution in [0.4, 0.5) is 11.4 Å². The molecule has 0 fully saturated rings. The molecule has 3 heterocycles. The molecule has 0 saturated heterocycles. The van der Waals surface area contributed by atoms with Gasteiger partial charge in [-0.3, -0.25) is 9.97 Å². The van der Waals surface area contributed by atoms with E-state index in [-0.39, 0.29) is 0 Å². The average molecular weight is 416 g/mol. The van der Waals surface area contributed by atoms with E-state index in [1.807, 2.05) is 92.7 Å². The minimum Gasteiger partial charge on any atom is -0.254 e. The second kappa shape index (κ2) is 8.47. The summed E-state index contributed by atoms with van der Waals surface area (Å²) in [5, 5.41) is 2.13. The first-order valence-corrected chi connectivity index (χ1v) is 10.4. The smallest absolute Gasteiger partial charge is 0.0849 e. The Bertz CT molecular complexity index is 1390. The third kappa shape index (κ3) is 4.14. The largest absolute Gasteiger partial charge is 0.254 e. The van der Waals surface area contributed by atoms with Gasteiger partial charge in [-0.25, -0.2) is 15.0 Å². The van der Waals surface area contributed by atoms with Gasteiger partial charge in [-0.15, -0.1) is 0 Å². The Labute approximate surface area is 186 Å². The van der Waals surface area contributed by atoms with E-state index < -0.39 is 0 Å². The van der Waals surface area contributed by atoms with Crippen molar-refractivity contribution in [1.82, 2.24) is 15.0 Å². The van der Waals surface area contributed by atoms with Crippen LogP contribution in [0.5, 0.6) is 0 Å². The van der Waals surface area contributed by atoms with Crippen LogP contribution in [0.25, 0.3) is 21.8 Å². The van der Waals surface area contributed by atoms with Gasteiger partial charge in [-0.05, 0) is 50.2 Å².